The number of alkyl carbamates (subject to hydrolysis) is 1. The lowest BCUT2D eigenvalue weighted by molar-refractivity contribution is 0.0474. The van der Waals surface area contributed by atoms with E-state index < -0.39 is 5.60 Å². The van der Waals surface area contributed by atoms with Crippen molar-refractivity contribution in [3.63, 3.8) is 0 Å². The second-order valence-corrected chi connectivity index (χ2v) is 10.8. The van der Waals surface area contributed by atoms with E-state index in [1.165, 1.54) is 6.20 Å². The predicted octanol–water partition coefficient (Wildman–Crippen LogP) is 5.57. The van der Waals surface area contributed by atoms with Gasteiger partial charge in [-0.25, -0.2) is 14.2 Å². The fraction of sp³-hybridized carbons (Fsp3) is 0.500. The Morgan fingerprint density at radius 3 is 2.66 bits per heavy atom. The molecule has 2 aromatic rings. The van der Waals surface area contributed by atoms with E-state index >= 15 is 0 Å². The number of hydrogen-bond donors (Lipinski definition) is 1. The summed E-state index contributed by atoms with van der Waals surface area (Å²) in [6, 6.07) is 10.4. The van der Waals surface area contributed by atoms with Crippen LogP contribution in [0.25, 0.3) is 0 Å². The molecule has 0 atom stereocenters. The lowest BCUT2D eigenvalue weighted by Crippen LogP contribution is -2.49. The summed E-state index contributed by atoms with van der Waals surface area (Å²) in [5.74, 6) is 0.517. The molecular weight excluding hydrogens is 522 g/mol. The Labute approximate surface area is 202 Å². The van der Waals surface area contributed by atoms with Crippen LogP contribution in [0.4, 0.5) is 20.7 Å². The van der Waals surface area contributed by atoms with Gasteiger partial charge >= 0.3 is 6.09 Å². The van der Waals surface area contributed by atoms with Crippen LogP contribution >= 0.6 is 22.6 Å². The molecule has 1 saturated carbocycles. The molecular formula is C24H30FIN4O2. The summed E-state index contributed by atoms with van der Waals surface area (Å²) < 4.78 is 20.5. The SMILES string of the molecule is CC(C)(C)OC(=O)NC1CCC(N2Cc3cc(F)cnc3N(c3cccc(I)c3)C2)CC1. The molecule has 2 heterocycles. The molecule has 1 aromatic carbocycles. The number of ether oxygens (including phenoxy) is 1. The number of halogens is 2. The molecule has 1 aliphatic carbocycles. The lowest BCUT2D eigenvalue weighted by atomic mass is 9.89. The topological polar surface area (TPSA) is 57.7 Å². The van der Waals surface area contributed by atoms with Gasteiger partial charge in [0.1, 0.15) is 17.2 Å². The van der Waals surface area contributed by atoms with Crippen LogP contribution in [0.1, 0.15) is 52.0 Å². The zero-order chi connectivity index (χ0) is 22.9. The van der Waals surface area contributed by atoms with Gasteiger partial charge in [-0.2, -0.15) is 0 Å². The van der Waals surface area contributed by atoms with Gasteiger partial charge in [0.05, 0.1) is 12.9 Å². The third-order valence-corrected chi connectivity index (χ3v) is 6.59. The second-order valence-electron chi connectivity index (χ2n) is 9.58. The highest BCUT2D eigenvalue weighted by Crippen LogP contribution is 2.36. The van der Waals surface area contributed by atoms with E-state index in [4.69, 9.17) is 4.74 Å². The minimum atomic E-state index is -0.496. The van der Waals surface area contributed by atoms with Crippen molar-refractivity contribution >= 4 is 40.2 Å². The zero-order valence-electron chi connectivity index (χ0n) is 18.8. The Hall–Kier alpha value is -1.94. The van der Waals surface area contributed by atoms with Crippen molar-refractivity contribution in [2.45, 2.75) is 70.7 Å². The first-order chi connectivity index (χ1) is 15.2. The number of carbonyl (C=O) groups excluding carboxylic acids is 1. The average molecular weight is 552 g/mol. The van der Waals surface area contributed by atoms with Crippen molar-refractivity contribution in [1.82, 2.24) is 15.2 Å². The first-order valence-corrected chi connectivity index (χ1v) is 12.2. The molecule has 0 saturated heterocycles. The van der Waals surface area contributed by atoms with Crippen LogP contribution in [-0.4, -0.2) is 40.3 Å². The molecule has 32 heavy (non-hydrogen) atoms. The average Bonchev–Trinajstić information content (AvgIpc) is 2.72. The second kappa shape index (κ2) is 9.51. The van der Waals surface area contributed by atoms with Gasteiger partial charge in [-0.1, -0.05) is 6.07 Å². The molecule has 1 fully saturated rings. The fourth-order valence-electron chi connectivity index (χ4n) is 4.50. The molecule has 8 heteroatoms. The van der Waals surface area contributed by atoms with Gasteiger partial charge in [0.2, 0.25) is 0 Å². The predicted molar refractivity (Wildman–Crippen MR) is 131 cm³/mol. The molecule has 6 nitrogen and oxygen atoms in total. The third kappa shape index (κ3) is 5.70. The van der Waals surface area contributed by atoms with Crippen molar-refractivity contribution < 1.29 is 13.9 Å². The molecule has 4 rings (SSSR count). The van der Waals surface area contributed by atoms with Crippen molar-refractivity contribution in [2.24, 2.45) is 0 Å². The van der Waals surface area contributed by atoms with E-state index in [0.717, 1.165) is 46.3 Å². The zero-order valence-corrected chi connectivity index (χ0v) is 20.9. The minimum Gasteiger partial charge on any atom is -0.444 e. The Morgan fingerprint density at radius 1 is 1.22 bits per heavy atom. The Kier molecular flexibility index (Phi) is 6.90. The maximum absolute atomic E-state index is 14.0. The highest BCUT2D eigenvalue weighted by molar-refractivity contribution is 14.1. The number of nitrogens with zero attached hydrogens (tertiary/aromatic N) is 3. The lowest BCUT2D eigenvalue weighted by Gasteiger charge is -2.43. The fourth-order valence-corrected chi connectivity index (χ4v) is 5.03. The molecule has 0 bridgehead atoms. The van der Waals surface area contributed by atoms with Crippen LogP contribution in [0.3, 0.4) is 0 Å². The van der Waals surface area contributed by atoms with Crippen molar-refractivity contribution in [1.29, 1.82) is 0 Å². The van der Waals surface area contributed by atoms with Gasteiger partial charge in [0.25, 0.3) is 0 Å². The molecule has 0 unspecified atom stereocenters. The van der Waals surface area contributed by atoms with Crippen molar-refractivity contribution in [2.75, 3.05) is 11.6 Å². The molecule has 1 N–H and O–H groups in total. The summed E-state index contributed by atoms with van der Waals surface area (Å²) >= 11 is 2.31. The van der Waals surface area contributed by atoms with Gasteiger partial charge in [-0.05, 0) is 93.3 Å². The van der Waals surface area contributed by atoms with Gasteiger partial charge < -0.3 is 15.0 Å². The van der Waals surface area contributed by atoms with Gasteiger partial charge in [-0.15, -0.1) is 0 Å². The minimum absolute atomic E-state index is 0.129. The molecule has 2 aliphatic rings. The normalized spacial score (nSPS) is 21.7. The Bertz CT molecular complexity index is 973. The quantitative estimate of drug-likeness (QED) is 0.505. The number of amides is 1. The standard InChI is InChI=1S/C24H30FIN4O2/c1-24(2,3)32-23(31)28-19-7-9-20(10-8-19)29-14-16-11-17(25)13-27-22(16)30(15-29)21-6-4-5-18(26)12-21/h4-6,11-13,19-20H,7-10,14-15H2,1-3H3,(H,28,31). The Balaban J connectivity index is 1.45. The number of rotatable bonds is 3. The van der Waals surface area contributed by atoms with Gasteiger partial charge in [0, 0.05) is 33.4 Å². The summed E-state index contributed by atoms with van der Waals surface area (Å²) in [6.45, 7) is 6.99. The van der Waals surface area contributed by atoms with E-state index in [1.807, 2.05) is 26.8 Å². The smallest absolute Gasteiger partial charge is 0.407 e. The molecule has 1 aromatic heterocycles. The summed E-state index contributed by atoms with van der Waals surface area (Å²) in [7, 11) is 0. The van der Waals surface area contributed by atoms with Crippen molar-refractivity contribution in [3.8, 4) is 0 Å². The molecule has 0 spiro atoms. The largest absolute Gasteiger partial charge is 0.444 e. The maximum atomic E-state index is 14.0. The van der Waals surface area contributed by atoms with Gasteiger partial charge in [-0.3, -0.25) is 4.90 Å². The van der Waals surface area contributed by atoms with E-state index in [1.54, 1.807) is 6.07 Å². The van der Waals surface area contributed by atoms with Crippen LogP contribution in [0.15, 0.2) is 36.5 Å². The van der Waals surface area contributed by atoms with E-state index in [2.05, 4.69) is 60.9 Å². The number of carbonyl (C=O) groups is 1. The number of fused-ring (bicyclic) bond motifs is 1. The van der Waals surface area contributed by atoms with Crippen LogP contribution < -0.4 is 10.2 Å². The summed E-state index contributed by atoms with van der Waals surface area (Å²) in [5, 5.41) is 3.01. The monoisotopic (exact) mass is 552 g/mol. The number of anilines is 2. The molecule has 1 aliphatic heterocycles. The van der Waals surface area contributed by atoms with Crippen molar-refractivity contribution in [3.05, 3.63) is 51.5 Å². The van der Waals surface area contributed by atoms with Crippen LogP contribution in [0.2, 0.25) is 0 Å². The number of pyridine rings is 1. The van der Waals surface area contributed by atoms with Crippen LogP contribution in [-0.2, 0) is 11.3 Å². The van der Waals surface area contributed by atoms with Crippen LogP contribution in [0, 0.1) is 9.39 Å². The van der Waals surface area contributed by atoms with E-state index in [9.17, 15) is 9.18 Å². The summed E-state index contributed by atoms with van der Waals surface area (Å²) in [4.78, 5) is 21.1. The van der Waals surface area contributed by atoms with Gasteiger partial charge in [0.15, 0.2) is 0 Å². The number of aromatic nitrogens is 1. The Morgan fingerprint density at radius 2 is 1.97 bits per heavy atom. The first-order valence-electron chi connectivity index (χ1n) is 11.1. The number of benzene rings is 1. The highest BCUT2D eigenvalue weighted by Gasteiger charge is 2.33. The summed E-state index contributed by atoms with van der Waals surface area (Å²) in [6.07, 6.45) is 4.69. The van der Waals surface area contributed by atoms with Crippen LogP contribution in [0.5, 0.6) is 0 Å². The molecule has 172 valence electrons. The molecule has 0 radical (unpaired) electrons. The molecule has 1 amide bonds. The number of hydrogen-bond acceptors (Lipinski definition) is 5. The first kappa shape index (κ1) is 23.2. The number of nitrogens with one attached hydrogen (secondary N) is 1. The highest BCUT2D eigenvalue weighted by atomic mass is 127. The van der Waals surface area contributed by atoms with E-state index in [0.29, 0.717) is 19.3 Å². The summed E-state index contributed by atoms with van der Waals surface area (Å²) in [5.41, 5.74) is 1.47. The van der Waals surface area contributed by atoms with E-state index in [-0.39, 0.29) is 18.0 Å². The third-order valence-electron chi connectivity index (χ3n) is 5.92. The maximum Gasteiger partial charge on any atom is 0.407 e.